The maximum Gasteiger partial charge on any atom is 0.406 e. The van der Waals surface area contributed by atoms with E-state index >= 15 is 0 Å². The minimum Gasteiger partial charge on any atom is -0.488 e. The first kappa shape index (κ1) is 27.0. The molecule has 3 saturated heterocycles. The van der Waals surface area contributed by atoms with E-state index < -0.39 is 24.0 Å². The van der Waals surface area contributed by atoms with Gasteiger partial charge >= 0.3 is 11.9 Å². The van der Waals surface area contributed by atoms with Crippen LogP contribution in [0.15, 0.2) is 52.3 Å². The minimum atomic E-state index is -4.59. The highest BCUT2D eigenvalue weighted by Crippen LogP contribution is 2.43. The number of piperidine rings is 3. The highest BCUT2D eigenvalue weighted by atomic mass is 35.5. The number of ether oxygens (including phenoxy) is 1. The lowest BCUT2D eigenvalue weighted by atomic mass is 9.85. The van der Waals surface area contributed by atoms with Crippen molar-refractivity contribution in [1.82, 2.24) is 19.0 Å². The Morgan fingerprint density at radius 1 is 1.12 bits per heavy atom. The molecule has 210 valence electrons. The second-order valence-electron chi connectivity index (χ2n) is 10.4. The molecule has 3 aromatic heterocycles. The van der Waals surface area contributed by atoms with Crippen LogP contribution in [-0.4, -0.2) is 50.9 Å². The number of rotatable bonds is 6. The van der Waals surface area contributed by atoms with E-state index in [4.69, 9.17) is 16.3 Å². The Labute approximate surface area is 236 Å². The summed E-state index contributed by atoms with van der Waals surface area (Å²) in [6.07, 6.45) is 0.270. The summed E-state index contributed by atoms with van der Waals surface area (Å²) >= 11 is 7.83. The fourth-order valence-electron chi connectivity index (χ4n) is 5.73. The summed E-state index contributed by atoms with van der Waals surface area (Å²) in [5, 5.41) is 0.566. The van der Waals surface area contributed by atoms with Gasteiger partial charge in [0.15, 0.2) is 0 Å². The van der Waals surface area contributed by atoms with Crippen molar-refractivity contribution in [3.63, 3.8) is 0 Å². The number of alkyl halides is 3. The SMILES string of the molecule is Cc1cc(Cl)cc(-c2ccnc3cc(Cn4c(=O)ccn(CC(F)(F)F)c4=O)sc23)c1OC1CN2CCC1CC2. The van der Waals surface area contributed by atoms with Crippen LogP contribution in [0.1, 0.15) is 23.3 Å². The van der Waals surface area contributed by atoms with Crippen LogP contribution < -0.4 is 16.0 Å². The van der Waals surface area contributed by atoms with Crippen molar-refractivity contribution in [2.24, 2.45) is 5.92 Å². The molecular formula is C28H26ClF3N4O3S. The quantitative estimate of drug-likeness (QED) is 0.304. The van der Waals surface area contributed by atoms with Crippen molar-refractivity contribution < 1.29 is 17.9 Å². The molecule has 0 amide bonds. The third-order valence-corrected chi connectivity index (χ3v) is 9.02. The first-order valence-electron chi connectivity index (χ1n) is 13.0. The van der Waals surface area contributed by atoms with Crippen LogP contribution in [0.3, 0.4) is 0 Å². The third kappa shape index (κ3) is 5.29. The van der Waals surface area contributed by atoms with Gasteiger partial charge in [-0.3, -0.25) is 23.8 Å². The zero-order chi connectivity index (χ0) is 28.2. The Morgan fingerprint density at radius 2 is 1.90 bits per heavy atom. The van der Waals surface area contributed by atoms with Crippen LogP contribution in [0.5, 0.6) is 5.75 Å². The summed E-state index contributed by atoms with van der Waals surface area (Å²) in [5.74, 6) is 1.27. The van der Waals surface area contributed by atoms with Gasteiger partial charge in [0.2, 0.25) is 0 Å². The van der Waals surface area contributed by atoms with E-state index in [1.54, 1.807) is 12.3 Å². The Bertz CT molecular complexity index is 1710. The Morgan fingerprint density at radius 3 is 2.60 bits per heavy atom. The summed E-state index contributed by atoms with van der Waals surface area (Å²) in [6, 6.07) is 8.35. The molecule has 0 N–H and O–H groups in total. The highest BCUT2D eigenvalue weighted by Gasteiger charge is 2.36. The predicted molar refractivity (Wildman–Crippen MR) is 149 cm³/mol. The second kappa shape index (κ2) is 10.4. The molecule has 7 rings (SSSR count). The second-order valence-corrected chi connectivity index (χ2v) is 12.0. The molecule has 1 unspecified atom stereocenters. The smallest absolute Gasteiger partial charge is 0.406 e. The van der Waals surface area contributed by atoms with Crippen LogP contribution in [0, 0.1) is 12.8 Å². The van der Waals surface area contributed by atoms with Gasteiger partial charge in [-0.15, -0.1) is 11.3 Å². The van der Waals surface area contributed by atoms with Gasteiger partial charge < -0.3 is 4.74 Å². The molecule has 4 aromatic rings. The predicted octanol–water partition coefficient (Wildman–Crippen LogP) is 5.33. The van der Waals surface area contributed by atoms with Gasteiger partial charge in [-0.2, -0.15) is 13.2 Å². The van der Waals surface area contributed by atoms with Gasteiger partial charge in [-0.05, 0) is 68.6 Å². The number of pyridine rings is 1. The third-order valence-electron chi connectivity index (χ3n) is 7.66. The summed E-state index contributed by atoms with van der Waals surface area (Å²) in [5.41, 5.74) is 1.54. The van der Waals surface area contributed by atoms with Crippen molar-refractivity contribution in [2.75, 3.05) is 19.6 Å². The normalized spacial score (nSPS) is 20.8. The molecule has 12 heteroatoms. The van der Waals surface area contributed by atoms with E-state index in [2.05, 4.69) is 9.88 Å². The topological polar surface area (TPSA) is 69.4 Å². The average Bonchev–Trinajstić information content (AvgIpc) is 3.33. The fourth-order valence-corrected chi connectivity index (χ4v) is 7.13. The van der Waals surface area contributed by atoms with Crippen molar-refractivity contribution in [3.8, 4) is 16.9 Å². The number of aryl methyl sites for hydroxylation is 1. The molecule has 7 nitrogen and oxygen atoms in total. The average molecular weight is 591 g/mol. The number of halogens is 4. The lowest BCUT2D eigenvalue weighted by Gasteiger charge is -2.44. The summed E-state index contributed by atoms with van der Waals surface area (Å²) in [4.78, 5) is 32.7. The Hall–Kier alpha value is -3.15. The summed E-state index contributed by atoms with van der Waals surface area (Å²) < 4.78 is 47.6. The van der Waals surface area contributed by atoms with E-state index in [0.717, 1.165) is 76.4 Å². The van der Waals surface area contributed by atoms with Gasteiger partial charge in [-0.1, -0.05) is 11.6 Å². The van der Waals surface area contributed by atoms with Crippen LogP contribution in [0.2, 0.25) is 5.02 Å². The molecule has 3 aliphatic rings. The Kier molecular flexibility index (Phi) is 7.00. The Balaban J connectivity index is 1.38. The number of hydrogen-bond acceptors (Lipinski definition) is 6. The number of thiophene rings is 1. The van der Waals surface area contributed by atoms with Crippen molar-refractivity contribution in [1.29, 1.82) is 0 Å². The van der Waals surface area contributed by atoms with Gasteiger partial charge in [0, 0.05) is 46.0 Å². The molecule has 1 aromatic carbocycles. The molecular weight excluding hydrogens is 565 g/mol. The van der Waals surface area contributed by atoms with Crippen molar-refractivity contribution in [3.05, 3.63) is 79.0 Å². The first-order chi connectivity index (χ1) is 19.1. The van der Waals surface area contributed by atoms with E-state index in [1.165, 1.54) is 11.3 Å². The van der Waals surface area contributed by atoms with Crippen LogP contribution in [-0.2, 0) is 13.1 Å². The van der Waals surface area contributed by atoms with Gasteiger partial charge in [0.1, 0.15) is 18.4 Å². The molecule has 2 bridgehead atoms. The van der Waals surface area contributed by atoms with Crippen molar-refractivity contribution in [2.45, 2.75) is 45.1 Å². The fraction of sp³-hybridized carbons (Fsp3) is 0.393. The van der Waals surface area contributed by atoms with Gasteiger partial charge in [0.05, 0.1) is 16.8 Å². The van der Waals surface area contributed by atoms with Gasteiger partial charge in [0.25, 0.3) is 5.56 Å². The summed E-state index contributed by atoms with van der Waals surface area (Å²) in [7, 11) is 0. The monoisotopic (exact) mass is 590 g/mol. The summed E-state index contributed by atoms with van der Waals surface area (Å²) in [6.45, 7) is 3.42. The maximum atomic E-state index is 12.9. The number of nitrogens with zero attached hydrogens (tertiary/aromatic N) is 4. The lowest BCUT2D eigenvalue weighted by Crippen LogP contribution is -2.52. The number of aromatic nitrogens is 3. The largest absolute Gasteiger partial charge is 0.488 e. The molecule has 1 atom stereocenters. The highest BCUT2D eigenvalue weighted by molar-refractivity contribution is 7.19. The van der Waals surface area contributed by atoms with E-state index in [1.807, 2.05) is 25.1 Å². The van der Waals surface area contributed by atoms with E-state index in [9.17, 15) is 22.8 Å². The zero-order valence-corrected chi connectivity index (χ0v) is 23.2. The van der Waals surface area contributed by atoms with Crippen LogP contribution >= 0.6 is 22.9 Å². The molecule has 3 aliphatic heterocycles. The van der Waals surface area contributed by atoms with E-state index in [-0.39, 0.29) is 12.6 Å². The van der Waals surface area contributed by atoms with Crippen LogP contribution in [0.4, 0.5) is 13.2 Å². The van der Waals surface area contributed by atoms with Crippen LogP contribution in [0.25, 0.3) is 21.3 Å². The number of hydrogen-bond donors (Lipinski definition) is 0. The molecule has 6 heterocycles. The first-order valence-corrected chi connectivity index (χ1v) is 14.2. The van der Waals surface area contributed by atoms with E-state index in [0.29, 0.717) is 25.9 Å². The zero-order valence-electron chi connectivity index (χ0n) is 21.6. The maximum absolute atomic E-state index is 12.9. The molecule has 0 radical (unpaired) electrons. The molecule has 0 aliphatic carbocycles. The van der Waals surface area contributed by atoms with Gasteiger partial charge in [-0.25, -0.2) is 4.79 Å². The number of benzene rings is 1. The molecule has 0 spiro atoms. The minimum absolute atomic E-state index is 0.0844. The lowest BCUT2D eigenvalue weighted by molar-refractivity contribution is -0.141. The van der Waals surface area contributed by atoms with Crippen molar-refractivity contribution >= 4 is 33.2 Å². The molecule has 0 saturated carbocycles. The standard InChI is InChI=1S/C28H26ClF3N4O3S/c1-16-10-18(29)11-21(25(16)39-23-14-34-7-3-17(23)4-8-34)20-2-6-33-22-12-19(40-26(20)22)13-36-24(37)5-9-35(27(36)38)15-28(30,31)32/h2,5-6,9-12,17,23H,3-4,7-8,13-15H2,1H3. The number of fused-ring (bicyclic) bond motifs is 4. The molecule has 3 fully saturated rings. The molecule has 40 heavy (non-hydrogen) atoms.